The van der Waals surface area contributed by atoms with E-state index in [0.29, 0.717) is 11.6 Å². The summed E-state index contributed by atoms with van der Waals surface area (Å²) in [6.07, 6.45) is 3.07. The van der Waals surface area contributed by atoms with Gasteiger partial charge in [0.05, 0.1) is 0 Å². The minimum Gasteiger partial charge on any atom is -0.308 e. The number of hydrogen-bond acceptors (Lipinski definition) is 2. The molecule has 17 heavy (non-hydrogen) atoms. The molecule has 2 atom stereocenters. The minimum atomic E-state index is -0.396. The summed E-state index contributed by atoms with van der Waals surface area (Å²) in [5.74, 6) is 0.308. The third-order valence-corrected chi connectivity index (χ3v) is 3.36. The second-order valence-corrected chi connectivity index (χ2v) is 5.22. The van der Waals surface area contributed by atoms with E-state index in [1.165, 1.54) is 12.1 Å². The highest BCUT2D eigenvalue weighted by atomic mass is 32.2. The largest absolute Gasteiger partial charge is 0.308 e. The van der Waals surface area contributed by atoms with Gasteiger partial charge < -0.3 is 5.32 Å². The summed E-state index contributed by atoms with van der Waals surface area (Å²) in [4.78, 5) is 0. The molecule has 1 nitrogen and oxygen atoms in total. The first-order valence-electron chi connectivity index (χ1n) is 5.74. The van der Waals surface area contributed by atoms with E-state index >= 15 is 0 Å². The monoisotopic (exact) mass is 259 g/mol. The highest BCUT2D eigenvalue weighted by Crippen LogP contribution is 2.19. The summed E-state index contributed by atoms with van der Waals surface area (Å²) >= 11 is 1.78. The summed E-state index contributed by atoms with van der Waals surface area (Å²) in [7, 11) is 0. The molecular formula is C13H19F2NS. The Bertz CT molecular complexity index is 357. The molecule has 1 rings (SSSR count). The van der Waals surface area contributed by atoms with Crippen LogP contribution in [-0.4, -0.2) is 18.1 Å². The van der Waals surface area contributed by atoms with Gasteiger partial charge in [-0.25, -0.2) is 8.78 Å². The van der Waals surface area contributed by atoms with Crippen molar-refractivity contribution in [3.8, 4) is 0 Å². The SMILES string of the molecule is CSCCC(C)NC(C)c1cc(F)ccc1F. The van der Waals surface area contributed by atoms with E-state index in [9.17, 15) is 8.78 Å². The highest BCUT2D eigenvalue weighted by molar-refractivity contribution is 7.98. The maximum atomic E-state index is 13.5. The lowest BCUT2D eigenvalue weighted by Gasteiger charge is -2.20. The van der Waals surface area contributed by atoms with Crippen LogP contribution in [0.2, 0.25) is 0 Å². The van der Waals surface area contributed by atoms with Crippen LogP contribution in [0.5, 0.6) is 0 Å². The van der Waals surface area contributed by atoms with Gasteiger partial charge in [0.1, 0.15) is 11.6 Å². The summed E-state index contributed by atoms with van der Waals surface area (Å²) < 4.78 is 26.6. The van der Waals surface area contributed by atoms with Crippen LogP contribution < -0.4 is 5.32 Å². The molecule has 0 saturated heterocycles. The van der Waals surface area contributed by atoms with Gasteiger partial charge in [-0.1, -0.05) is 0 Å². The van der Waals surface area contributed by atoms with Crippen molar-refractivity contribution in [2.75, 3.05) is 12.0 Å². The van der Waals surface area contributed by atoms with Gasteiger partial charge in [-0.05, 0) is 50.5 Å². The molecule has 1 aromatic rings. The fraction of sp³-hybridized carbons (Fsp3) is 0.538. The van der Waals surface area contributed by atoms with Gasteiger partial charge in [-0.2, -0.15) is 11.8 Å². The fourth-order valence-electron chi connectivity index (χ4n) is 1.74. The van der Waals surface area contributed by atoms with Gasteiger partial charge in [0, 0.05) is 17.6 Å². The average Bonchev–Trinajstić information content (AvgIpc) is 2.29. The predicted molar refractivity (Wildman–Crippen MR) is 70.4 cm³/mol. The van der Waals surface area contributed by atoms with E-state index in [1.54, 1.807) is 11.8 Å². The number of rotatable bonds is 6. The van der Waals surface area contributed by atoms with Gasteiger partial charge in [0.15, 0.2) is 0 Å². The Labute approximate surface area is 106 Å². The van der Waals surface area contributed by atoms with Gasteiger partial charge in [0.25, 0.3) is 0 Å². The average molecular weight is 259 g/mol. The van der Waals surface area contributed by atoms with E-state index in [2.05, 4.69) is 18.5 Å². The van der Waals surface area contributed by atoms with E-state index in [4.69, 9.17) is 0 Å². The molecule has 1 aromatic carbocycles. The Morgan fingerprint density at radius 1 is 1.29 bits per heavy atom. The van der Waals surface area contributed by atoms with Crippen molar-refractivity contribution >= 4 is 11.8 Å². The predicted octanol–water partition coefficient (Wildman–Crippen LogP) is 3.76. The van der Waals surface area contributed by atoms with Gasteiger partial charge >= 0.3 is 0 Å². The van der Waals surface area contributed by atoms with Crippen molar-refractivity contribution in [2.24, 2.45) is 0 Å². The quantitative estimate of drug-likeness (QED) is 0.835. The summed E-state index contributed by atoms with van der Waals surface area (Å²) in [5.41, 5.74) is 0.390. The van der Waals surface area contributed by atoms with Crippen molar-refractivity contribution < 1.29 is 8.78 Å². The zero-order valence-corrected chi connectivity index (χ0v) is 11.3. The van der Waals surface area contributed by atoms with Gasteiger partial charge in [-0.3, -0.25) is 0 Å². The Morgan fingerprint density at radius 2 is 2.00 bits per heavy atom. The normalized spacial score (nSPS) is 14.6. The van der Waals surface area contributed by atoms with Gasteiger partial charge in [-0.15, -0.1) is 0 Å². The number of thioether (sulfide) groups is 1. The topological polar surface area (TPSA) is 12.0 Å². The van der Waals surface area contributed by atoms with Crippen LogP contribution in [0.15, 0.2) is 18.2 Å². The molecule has 0 radical (unpaired) electrons. The van der Waals surface area contributed by atoms with E-state index in [-0.39, 0.29) is 11.9 Å². The molecule has 0 aromatic heterocycles. The zero-order chi connectivity index (χ0) is 12.8. The van der Waals surface area contributed by atoms with Crippen molar-refractivity contribution in [1.29, 1.82) is 0 Å². The van der Waals surface area contributed by atoms with Crippen molar-refractivity contribution in [1.82, 2.24) is 5.32 Å². The second kappa shape index (κ2) is 6.97. The second-order valence-electron chi connectivity index (χ2n) is 4.24. The van der Waals surface area contributed by atoms with E-state index in [1.807, 2.05) is 6.92 Å². The Kier molecular flexibility index (Phi) is 5.92. The Morgan fingerprint density at radius 3 is 2.65 bits per heavy atom. The molecule has 0 saturated carbocycles. The lowest BCUT2D eigenvalue weighted by atomic mass is 10.1. The first kappa shape index (κ1) is 14.5. The molecule has 0 amide bonds. The van der Waals surface area contributed by atoms with Crippen molar-refractivity contribution in [2.45, 2.75) is 32.4 Å². The third kappa shape index (κ3) is 4.64. The number of halogens is 2. The standard InChI is InChI=1S/C13H19F2NS/c1-9(6-7-17-3)16-10(2)12-8-11(14)4-5-13(12)15/h4-5,8-10,16H,6-7H2,1-3H3. The fourth-order valence-corrected chi connectivity index (χ4v) is 2.33. The maximum absolute atomic E-state index is 13.5. The lowest BCUT2D eigenvalue weighted by molar-refractivity contribution is 0.453. The van der Waals surface area contributed by atoms with Crippen LogP contribution in [-0.2, 0) is 0 Å². The van der Waals surface area contributed by atoms with Crippen LogP contribution >= 0.6 is 11.8 Å². The number of hydrogen-bond donors (Lipinski definition) is 1. The molecule has 96 valence electrons. The van der Waals surface area contributed by atoms with E-state index in [0.717, 1.165) is 18.2 Å². The van der Waals surface area contributed by atoms with Crippen molar-refractivity contribution in [3.05, 3.63) is 35.4 Å². The molecular weight excluding hydrogens is 240 g/mol. The molecule has 4 heteroatoms. The zero-order valence-electron chi connectivity index (χ0n) is 10.5. The molecule has 0 heterocycles. The molecule has 1 N–H and O–H groups in total. The smallest absolute Gasteiger partial charge is 0.128 e. The summed E-state index contributed by atoms with van der Waals surface area (Å²) in [5, 5.41) is 3.28. The summed E-state index contributed by atoms with van der Waals surface area (Å²) in [6.45, 7) is 3.91. The first-order chi connectivity index (χ1) is 8.04. The number of nitrogens with one attached hydrogen (secondary N) is 1. The molecule has 0 fully saturated rings. The van der Waals surface area contributed by atoms with Crippen LogP contribution in [0.25, 0.3) is 0 Å². The van der Waals surface area contributed by atoms with E-state index < -0.39 is 5.82 Å². The molecule has 0 aliphatic rings. The maximum Gasteiger partial charge on any atom is 0.128 e. The molecule has 2 unspecified atom stereocenters. The highest BCUT2D eigenvalue weighted by Gasteiger charge is 2.13. The molecule has 0 aliphatic heterocycles. The molecule has 0 spiro atoms. The third-order valence-electron chi connectivity index (χ3n) is 2.71. The molecule has 0 aliphatic carbocycles. The molecule has 0 bridgehead atoms. The number of benzene rings is 1. The van der Waals surface area contributed by atoms with Gasteiger partial charge in [0.2, 0.25) is 0 Å². The lowest BCUT2D eigenvalue weighted by Crippen LogP contribution is -2.30. The Hall–Kier alpha value is -0.610. The van der Waals surface area contributed by atoms with Crippen LogP contribution in [0.1, 0.15) is 31.9 Å². The van der Waals surface area contributed by atoms with Crippen molar-refractivity contribution in [3.63, 3.8) is 0 Å². The minimum absolute atomic E-state index is 0.178. The van der Waals surface area contributed by atoms with Crippen LogP contribution in [0.4, 0.5) is 8.78 Å². The van der Waals surface area contributed by atoms with Crippen LogP contribution in [0, 0.1) is 11.6 Å². The Balaban J connectivity index is 2.62. The first-order valence-corrected chi connectivity index (χ1v) is 7.14. The summed E-state index contributed by atoms with van der Waals surface area (Å²) in [6, 6.07) is 3.69. The van der Waals surface area contributed by atoms with Crippen LogP contribution in [0.3, 0.4) is 0 Å².